The van der Waals surface area contributed by atoms with Crippen molar-refractivity contribution < 1.29 is 4.79 Å². The van der Waals surface area contributed by atoms with Crippen LogP contribution in [0.2, 0.25) is 0 Å². The van der Waals surface area contributed by atoms with Gasteiger partial charge in [-0.3, -0.25) is 4.79 Å². The van der Waals surface area contributed by atoms with Gasteiger partial charge < -0.3 is 0 Å². The summed E-state index contributed by atoms with van der Waals surface area (Å²) < 4.78 is 0. The first-order valence-electron chi connectivity index (χ1n) is 9.30. The first kappa shape index (κ1) is 12.9. The fourth-order valence-corrected chi connectivity index (χ4v) is 7.49. The molecule has 21 heavy (non-hydrogen) atoms. The van der Waals surface area contributed by atoms with E-state index in [4.69, 9.17) is 0 Å². The highest BCUT2D eigenvalue weighted by atomic mass is 16.1. The van der Waals surface area contributed by atoms with Crippen molar-refractivity contribution in [2.45, 2.75) is 58.8 Å². The molecule has 0 N–H and O–H groups in total. The lowest BCUT2D eigenvalue weighted by atomic mass is 9.49. The third kappa shape index (κ3) is 1.67. The van der Waals surface area contributed by atoms with Crippen molar-refractivity contribution in [3.8, 4) is 0 Å². The molecule has 5 aliphatic rings. The summed E-state index contributed by atoms with van der Waals surface area (Å²) in [7, 11) is 0. The number of allylic oxidation sites excluding steroid dienone is 1. The van der Waals surface area contributed by atoms with Crippen molar-refractivity contribution in [3.05, 3.63) is 11.6 Å². The first-order valence-corrected chi connectivity index (χ1v) is 9.30. The molecule has 0 aromatic rings. The molecule has 4 saturated carbocycles. The van der Waals surface area contributed by atoms with Gasteiger partial charge in [-0.1, -0.05) is 19.4 Å². The molecule has 0 radical (unpaired) electrons. The summed E-state index contributed by atoms with van der Waals surface area (Å²) in [4.78, 5) is 11.8. The van der Waals surface area contributed by atoms with E-state index in [0.717, 1.165) is 54.3 Å². The maximum absolute atomic E-state index is 11.8. The average Bonchev–Trinajstić information content (AvgIpc) is 3.10. The van der Waals surface area contributed by atoms with Crippen LogP contribution in [0.4, 0.5) is 0 Å². The van der Waals surface area contributed by atoms with Crippen molar-refractivity contribution >= 4 is 5.78 Å². The van der Waals surface area contributed by atoms with Crippen molar-refractivity contribution in [3.63, 3.8) is 0 Å². The third-order valence-electron chi connectivity index (χ3n) is 8.19. The molecule has 3 unspecified atom stereocenters. The Bertz CT molecular complexity index is 532. The normalized spacial score (nSPS) is 57.7. The molecule has 114 valence electrons. The van der Waals surface area contributed by atoms with Gasteiger partial charge in [0.2, 0.25) is 0 Å². The van der Waals surface area contributed by atoms with Gasteiger partial charge in [-0.25, -0.2) is 0 Å². The van der Waals surface area contributed by atoms with Crippen molar-refractivity contribution in [1.82, 2.24) is 0 Å². The molecule has 0 spiro atoms. The average molecular weight is 284 g/mol. The first-order chi connectivity index (χ1) is 10.1. The summed E-state index contributed by atoms with van der Waals surface area (Å²) in [6.07, 6.45) is 11.2. The summed E-state index contributed by atoms with van der Waals surface area (Å²) in [6, 6.07) is 0. The van der Waals surface area contributed by atoms with Gasteiger partial charge in [-0.2, -0.15) is 0 Å². The SMILES string of the molecule is CC1CC2=CC(=O)CC[C@@H]2[C@H]2CC[C@]3(C)CC4CC4[C@H]3[C@H]12. The molecule has 5 aliphatic carbocycles. The van der Waals surface area contributed by atoms with Gasteiger partial charge in [-0.15, -0.1) is 0 Å². The van der Waals surface area contributed by atoms with Gasteiger partial charge in [0, 0.05) is 6.42 Å². The standard InChI is InChI=1S/C20H28O/c1-11-7-12-8-14(21)3-4-15(12)16-5-6-20(2)10-13-9-17(13)19(20)18(11)16/h8,11,13,15-19H,3-7,9-10H2,1-2H3/t11?,13?,15-,16+,17?,18+,19-,20+/m0/s1. The van der Waals surface area contributed by atoms with Gasteiger partial charge in [0.05, 0.1) is 0 Å². The molecule has 5 rings (SSSR count). The molecule has 1 heteroatoms. The van der Waals surface area contributed by atoms with Gasteiger partial charge in [0.25, 0.3) is 0 Å². The smallest absolute Gasteiger partial charge is 0.155 e. The van der Waals surface area contributed by atoms with E-state index in [0.29, 0.717) is 11.2 Å². The molecule has 0 aromatic carbocycles. The number of hydrogen-bond acceptors (Lipinski definition) is 1. The molecule has 0 bridgehead atoms. The predicted octanol–water partition coefficient (Wildman–Crippen LogP) is 4.62. The Morgan fingerprint density at radius 1 is 1.24 bits per heavy atom. The van der Waals surface area contributed by atoms with Gasteiger partial charge >= 0.3 is 0 Å². The molecular formula is C20H28O. The molecule has 0 amide bonds. The van der Waals surface area contributed by atoms with Crippen molar-refractivity contribution in [1.29, 1.82) is 0 Å². The fourth-order valence-electron chi connectivity index (χ4n) is 7.49. The Balaban J connectivity index is 1.53. The topological polar surface area (TPSA) is 17.1 Å². The van der Waals surface area contributed by atoms with Crippen molar-refractivity contribution in [2.75, 3.05) is 0 Å². The second-order valence-electron chi connectivity index (χ2n) is 9.34. The van der Waals surface area contributed by atoms with E-state index in [1.54, 1.807) is 6.42 Å². The van der Waals surface area contributed by atoms with E-state index >= 15 is 0 Å². The molecule has 0 saturated heterocycles. The monoisotopic (exact) mass is 284 g/mol. The van der Waals surface area contributed by atoms with Crippen LogP contribution in [0.25, 0.3) is 0 Å². The molecule has 0 aromatic heterocycles. The van der Waals surface area contributed by atoms with Crippen LogP contribution in [0.1, 0.15) is 58.8 Å². The second-order valence-corrected chi connectivity index (χ2v) is 9.34. The summed E-state index contributed by atoms with van der Waals surface area (Å²) in [5.41, 5.74) is 2.21. The number of fused-ring (bicyclic) bond motifs is 7. The van der Waals surface area contributed by atoms with Gasteiger partial charge in [0.1, 0.15) is 0 Å². The zero-order valence-electron chi connectivity index (χ0n) is 13.5. The minimum absolute atomic E-state index is 0.399. The van der Waals surface area contributed by atoms with E-state index in [2.05, 4.69) is 13.8 Å². The van der Waals surface area contributed by atoms with E-state index in [1.807, 2.05) is 6.08 Å². The minimum atomic E-state index is 0.399. The second kappa shape index (κ2) is 4.03. The number of carbonyl (C=O) groups is 1. The number of carbonyl (C=O) groups excluding carboxylic acids is 1. The lowest BCUT2D eigenvalue weighted by Gasteiger charge is -2.56. The van der Waals surface area contributed by atoms with Crippen LogP contribution >= 0.6 is 0 Å². The zero-order valence-corrected chi connectivity index (χ0v) is 13.5. The van der Waals surface area contributed by atoms with Gasteiger partial charge in [0.15, 0.2) is 5.78 Å². The minimum Gasteiger partial charge on any atom is -0.295 e. The third-order valence-corrected chi connectivity index (χ3v) is 8.19. The Morgan fingerprint density at radius 3 is 2.95 bits per heavy atom. The Kier molecular flexibility index (Phi) is 2.48. The molecule has 8 atom stereocenters. The Morgan fingerprint density at radius 2 is 2.10 bits per heavy atom. The number of hydrogen-bond donors (Lipinski definition) is 0. The number of ketones is 1. The molecular weight excluding hydrogens is 256 g/mol. The van der Waals surface area contributed by atoms with E-state index in [-0.39, 0.29) is 0 Å². The summed E-state index contributed by atoms with van der Waals surface area (Å²) >= 11 is 0. The molecule has 0 aliphatic heterocycles. The summed E-state index contributed by atoms with van der Waals surface area (Å²) in [5.74, 6) is 7.06. The summed E-state index contributed by atoms with van der Waals surface area (Å²) in [5, 5.41) is 0. The van der Waals surface area contributed by atoms with Crippen LogP contribution < -0.4 is 0 Å². The molecule has 0 heterocycles. The quantitative estimate of drug-likeness (QED) is 0.634. The van der Waals surface area contributed by atoms with Crippen LogP contribution in [0.3, 0.4) is 0 Å². The highest BCUT2D eigenvalue weighted by Gasteiger charge is 2.65. The van der Waals surface area contributed by atoms with Gasteiger partial charge in [-0.05, 0) is 91.4 Å². The van der Waals surface area contributed by atoms with Crippen LogP contribution in [0.15, 0.2) is 11.6 Å². The molecule has 1 nitrogen and oxygen atoms in total. The lowest BCUT2D eigenvalue weighted by Crippen LogP contribution is -2.49. The highest BCUT2D eigenvalue weighted by Crippen LogP contribution is 2.72. The Labute approximate surface area is 128 Å². The van der Waals surface area contributed by atoms with Crippen LogP contribution in [-0.2, 0) is 4.79 Å². The van der Waals surface area contributed by atoms with E-state index in [1.165, 1.54) is 31.3 Å². The predicted molar refractivity (Wildman–Crippen MR) is 83.6 cm³/mol. The maximum Gasteiger partial charge on any atom is 0.155 e. The van der Waals surface area contributed by atoms with Crippen LogP contribution in [0.5, 0.6) is 0 Å². The molecule has 4 fully saturated rings. The maximum atomic E-state index is 11.8. The number of rotatable bonds is 0. The highest BCUT2D eigenvalue weighted by molar-refractivity contribution is 5.91. The Hall–Kier alpha value is -0.590. The van der Waals surface area contributed by atoms with Crippen LogP contribution in [0, 0.1) is 46.8 Å². The van der Waals surface area contributed by atoms with E-state index in [9.17, 15) is 4.79 Å². The van der Waals surface area contributed by atoms with E-state index < -0.39 is 0 Å². The lowest BCUT2D eigenvalue weighted by molar-refractivity contribution is -0.116. The summed E-state index contributed by atoms with van der Waals surface area (Å²) in [6.45, 7) is 5.11. The zero-order chi connectivity index (χ0) is 14.4. The fraction of sp³-hybridized carbons (Fsp3) is 0.850. The largest absolute Gasteiger partial charge is 0.295 e. The van der Waals surface area contributed by atoms with Crippen molar-refractivity contribution in [2.24, 2.45) is 46.8 Å². The van der Waals surface area contributed by atoms with Crippen LogP contribution in [-0.4, -0.2) is 5.78 Å².